The van der Waals surface area contributed by atoms with Crippen LogP contribution in [0.5, 0.6) is 0 Å². The number of carbonyl (C=O) groups is 1. The molecule has 2 aromatic rings. The summed E-state index contributed by atoms with van der Waals surface area (Å²) in [6.45, 7) is 0. The van der Waals surface area contributed by atoms with Gasteiger partial charge in [-0.25, -0.2) is 9.18 Å². The van der Waals surface area contributed by atoms with Crippen molar-refractivity contribution >= 4 is 23.3 Å². The van der Waals surface area contributed by atoms with Crippen LogP contribution < -0.4 is 5.73 Å². The van der Waals surface area contributed by atoms with Crippen molar-refractivity contribution in [2.24, 2.45) is 5.73 Å². The second kappa shape index (κ2) is 5.66. The maximum absolute atomic E-state index is 13.8. The van der Waals surface area contributed by atoms with E-state index in [-0.39, 0.29) is 11.3 Å². The minimum Gasteiger partial charge on any atom is -0.466 e. The molecule has 0 bridgehead atoms. The Labute approximate surface area is 142 Å². The molecule has 24 heavy (non-hydrogen) atoms. The lowest BCUT2D eigenvalue weighted by atomic mass is 9.73. The van der Waals surface area contributed by atoms with E-state index in [0.29, 0.717) is 21.7 Å². The van der Waals surface area contributed by atoms with Gasteiger partial charge in [0, 0.05) is 10.6 Å². The lowest BCUT2D eigenvalue weighted by Crippen LogP contribution is -2.31. The van der Waals surface area contributed by atoms with Gasteiger partial charge in [-0.05, 0) is 35.4 Å². The van der Waals surface area contributed by atoms with Gasteiger partial charge in [0.25, 0.3) is 0 Å². The third-order valence-electron chi connectivity index (χ3n) is 4.13. The number of benzene rings is 2. The first-order valence-electron chi connectivity index (χ1n) is 7.02. The van der Waals surface area contributed by atoms with E-state index >= 15 is 0 Å². The average molecular weight is 343 g/mol. The number of methoxy groups -OCH3 is 1. The highest BCUT2D eigenvalue weighted by Crippen LogP contribution is 2.49. The molecular weight excluding hydrogens is 331 g/mol. The Morgan fingerprint density at radius 3 is 2.71 bits per heavy atom. The fourth-order valence-corrected chi connectivity index (χ4v) is 3.28. The SMILES string of the molecule is COC(=O)C1=C(N)c2cc(Cl)ccc2C1(C#N)c1cccc(F)c1. The molecule has 2 aromatic carbocycles. The number of hydrogen-bond acceptors (Lipinski definition) is 4. The Morgan fingerprint density at radius 1 is 1.33 bits per heavy atom. The molecule has 2 N–H and O–H groups in total. The zero-order chi connectivity index (χ0) is 17.5. The fourth-order valence-electron chi connectivity index (χ4n) is 3.11. The molecule has 1 aliphatic rings. The van der Waals surface area contributed by atoms with Crippen molar-refractivity contribution in [2.75, 3.05) is 7.11 Å². The van der Waals surface area contributed by atoms with Gasteiger partial charge in [0.2, 0.25) is 0 Å². The van der Waals surface area contributed by atoms with Crippen LogP contribution in [0.4, 0.5) is 4.39 Å². The van der Waals surface area contributed by atoms with Crippen molar-refractivity contribution in [3.05, 3.63) is 75.6 Å². The normalized spacial score (nSPS) is 18.9. The van der Waals surface area contributed by atoms with E-state index in [4.69, 9.17) is 22.1 Å². The van der Waals surface area contributed by atoms with Crippen molar-refractivity contribution in [1.82, 2.24) is 0 Å². The number of carbonyl (C=O) groups excluding carboxylic acids is 1. The number of hydrogen-bond donors (Lipinski definition) is 1. The van der Waals surface area contributed by atoms with Gasteiger partial charge in [0.1, 0.15) is 11.2 Å². The maximum Gasteiger partial charge on any atom is 0.338 e. The lowest BCUT2D eigenvalue weighted by molar-refractivity contribution is -0.136. The van der Waals surface area contributed by atoms with Crippen LogP contribution in [-0.4, -0.2) is 13.1 Å². The molecule has 0 amide bonds. The first-order valence-corrected chi connectivity index (χ1v) is 7.39. The molecular formula is C18H12ClFN2O2. The monoisotopic (exact) mass is 342 g/mol. The van der Waals surface area contributed by atoms with Crippen molar-refractivity contribution in [3.63, 3.8) is 0 Å². The third kappa shape index (κ3) is 2.08. The van der Waals surface area contributed by atoms with Gasteiger partial charge in [0.05, 0.1) is 24.4 Å². The summed E-state index contributed by atoms with van der Waals surface area (Å²) >= 11 is 6.02. The van der Waals surface area contributed by atoms with Gasteiger partial charge < -0.3 is 10.5 Å². The Bertz CT molecular complexity index is 933. The van der Waals surface area contributed by atoms with Crippen molar-refractivity contribution < 1.29 is 13.9 Å². The molecule has 3 rings (SSSR count). The molecule has 1 aliphatic carbocycles. The topological polar surface area (TPSA) is 76.1 Å². The Hall–Kier alpha value is -2.84. The number of nitriles is 1. The molecule has 0 radical (unpaired) electrons. The number of nitrogens with two attached hydrogens (primary N) is 1. The van der Waals surface area contributed by atoms with Crippen LogP contribution in [0, 0.1) is 17.1 Å². The van der Waals surface area contributed by atoms with Gasteiger partial charge in [-0.15, -0.1) is 0 Å². The van der Waals surface area contributed by atoms with Gasteiger partial charge in [0.15, 0.2) is 0 Å². The van der Waals surface area contributed by atoms with E-state index in [1.807, 2.05) is 0 Å². The number of fused-ring (bicyclic) bond motifs is 1. The summed E-state index contributed by atoms with van der Waals surface area (Å²) in [7, 11) is 1.20. The third-order valence-corrected chi connectivity index (χ3v) is 4.37. The van der Waals surface area contributed by atoms with Crippen molar-refractivity contribution in [1.29, 1.82) is 5.26 Å². The van der Waals surface area contributed by atoms with Crippen LogP contribution >= 0.6 is 11.6 Å². The van der Waals surface area contributed by atoms with Crippen molar-refractivity contribution in [3.8, 4) is 6.07 Å². The molecule has 1 atom stereocenters. The van der Waals surface area contributed by atoms with E-state index in [1.165, 1.54) is 25.3 Å². The number of ether oxygens (including phenoxy) is 1. The molecule has 0 spiro atoms. The minimum absolute atomic E-state index is 0.0321. The quantitative estimate of drug-likeness (QED) is 0.851. The van der Waals surface area contributed by atoms with E-state index in [0.717, 1.165) is 0 Å². The summed E-state index contributed by atoms with van der Waals surface area (Å²) in [6, 6.07) is 12.5. The van der Waals surface area contributed by atoms with Gasteiger partial charge in [-0.2, -0.15) is 5.26 Å². The Balaban J connectivity index is 2.43. The molecule has 4 nitrogen and oxygen atoms in total. The predicted molar refractivity (Wildman–Crippen MR) is 87.4 cm³/mol. The van der Waals surface area contributed by atoms with Crippen molar-refractivity contribution in [2.45, 2.75) is 5.41 Å². The van der Waals surface area contributed by atoms with Crippen LogP contribution in [0.1, 0.15) is 16.7 Å². The fraction of sp³-hybridized carbons (Fsp3) is 0.111. The molecule has 0 aromatic heterocycles. The van der Waals surface area contributed by atoms with Crippen LogP contribution in [0.2, 0.25) is 5.02 Å². The second-order valence-electron chi connectivity index (χ2n) is 5.34. The second-order valence-corrected chi connectivity index (χ2v) is 5.78. The molecule has 0 saturated heterocycles. The van der Waals surface area contributed by atoms with Gasteiger partial charge >= 0.3 is 5.97 Å². The number of rotatable bonds is 2. The first kappa shape index (κ1) is 16.0. The first-order chi connectivity index (χ1) is 11.5. The Morgan fingerprint density at radius 2 is 2.08 bits per heavy atom. The zero-order valence-corrected chi connectivity index (χ0v) is 13.4. The number of nitrogens with zero attached hydrogens (tertiary/aromatic N) is 1. The van der Waals surface area contributed by atoms with Gasteiger partial charge in [-0.1, -0.05) is 29.8 Å². The predicted octanol–water partition coefficient (Wildman–Crippen LogP) is 3.15. The summed E-state index contributed by atoms with van der Waals surface area (Å²) in [6.07, 6.45) is 0. The minimum atomic E-state index is -1.56. The Kier molecular flexibility index (Phi) is 3.78. The highest BCUT2D eigenvalue weighted by atomic mass is 35.5. The van der Waals surface area contributed by atoms with E-state index in [9.17, 15) is 14.4 Å². The molecule has 0 fully saturated rings. The summed E-state index contributed by atoms with van der Waals surface area (Å²) in [5.74, 6) is -1.27. The number of esters is 1. The van der Waals surface area contributed by atoms with E-state index in [1.54, 1.807) is 24.3 Å². The summed E-state index contributed by atoms with van der Waals surface area (Å²) in [5.41, 5.74) is 5.89. The molecule has 1 unspecified atom stereocenters. The van der Waals surface area contributed by atoms with Crippen LogP contribution in [-0.2, 0) is 14.9 Å². The lowest BCUT2D eigenvalue weighted by Gasteiger charge is -2.25. The van der Waals surface area contributed by atoms with E-state index < -0.39 is 17.2 Å². The van der Waals surface area contributed by atoms with Crippen LogP contribution in [0.25, 0.3) is 5.70 Å². The van der Waals surface area contributed by atoms with Gasteiger partial charge in [-0.3, -0.25) is 0 Å². The van der Waals surface area contributed by atoms with Crippen LogP contribution in [0.15, 0.2) is 48.0 Å². The molecule has 0 aliphatic heterocycles. The van der Waals surface area contributed by atoms with Crippen LogP contribution in [0.3, 0.4) is 0 Å². The smallest absolute Gasteiger partial charge is 0.338 e. The summed E-state index contributed by atoms with van der Waals surface area (Å²) < 4.78 is 18.6. The average Bonchev–Trinajstić information content (AvgIpc) is 2.83. The maximum atomic E-state index is 13.8. The zero-order valence-electron chi connectivity index (χ0n) is 12.6. The standard InChI is InChI=1S/C18H12ClFN2O2/c1-24-17(23)15-16(22)13-8-11(19)5-6-14(13)18(15,9-21)10-3-2-4-12(20)7-10/h2-8H,22H2,1H3. The van der Waals surface area contributed by atoms with E-state index in [2.05, 4.69) is 6.07 Å². The number of halogens is 2. The molecule has 0 heterocycles. The highest BCUT2D eigenvalue weighted by Gasteiger charge is 2.50. The largest absolute Gasteiger partial charge is 0.466 e. The summed E-state index contributed by atoms with van der Waals surface area (Å²) in [5, 5.41) is 10.4. The molecule has 0 saturated carbocycles. The molecule has 6 heteroatoms. The molecule has 120 valence electrons. The summed E-state index contributed by atoms with van der Waals surface area (Å²) in [4.78, 5) is 12.4. The highest BCUT2D eigenvalue weighted by molar-refractivity contribution is 6.31.